The number of benzene rings is 1. The molecule has 1 atom stereocenters. The molecule has 0 aromatic heterocycles. The smallest absolute Gasteiger partial charge is 0.220 e. The molecular weight excluding hydrogens is 214 g/mol. The molecule has 0 bridgehead atoms. The van der Waals surface area contributed by atoms with Gasteiger partial charge >= 0.3 is 0 Å². The van der Waals surface area contributed by atoms with Crippen LogP contribution in [0.4, 0.5) is 0 Å². The Bertz CT molecular complexity index is 415. The number of hydrogen-bond donors (Lipinski definition) is 1. The van der Waals surface area contributed by atoms with E-state index >= 15 is 0 Å². The summed E-state index contributed by atoms with van der Waals surface area (Å²) in [5, 5.41) is 3.08. The monoisotopic (exact) mass is 233 g/mol. The second-order valence-electron chi connectivity index (χ2n) is 4.43. The highest BCUT2D eigenvalue weighted by Crippen LogP contribution is 2.32. The zero-order valence-corrected chi connectivity index (χ0v) is 10.5. The van der Waals surface area contributed by atoms with Crippen LogP contribution in [0.2, 0.25) is 0 Å². The van der Waals surface area contributed by atoms with Gasteiger partial charge in [-0.2, -0.15) is 0 Å². The summed E-state index contributed by atoms with van der Waals surface area (Å²) in [6, 6.07) is 6.31. The van der Waals surface area contributed by atoms with Crippen molar-refractivity contribution in [2.24, 2.45) is 0 Å². The number of hydrogen-bond acceptors (Lipinski definition) is 2. The summed E-state index contributed by atoms with van der Waals surface area (Å²) in [5.74, 6) is 1.02. The number of methoxy groups -OCH3 is 1. The minimum atomic E-state index is 0.124. The number of rotatable bonds is 3. The van der Waals surface area contributed by atoms with Crippen molar-refractivity contribution in [2.45, 2.75) is 38.6 Å². The van der Waals surface area contributed by atoms with Crippen molar-refractivity contribution in [3.8, 4) is 5.75 Å². The van der Waals surface area contributed by atoms with Crippen LogP contribution in [0.15, 0.2) is 18.2 Å². The lowest BCUT2D eigenvalue weighted by Gasteiger charge is -2.26. The highest BCUT2D eigenvalue weighted by molar-refractivity contribution is 5.76. The molecule has 3 nitrogen and oxygen atoms in total. The fourth-order valence-electron chi connectivity index (χ4n) is 2.36. The second kappa shape index (κ2) is 5.21. The van der Waals surface area contributed by atoms with Crippen LogP contribution >= 0.6 is 0 Å². The number of fused-ring (bicyclic) bond motifs is 1. The van der Waals surface area contributed by atoms with Gasteiger partial charge < -0.3 is 10.1 Å². The first kappa shape index (κ1) is 12.0. The number of amides is 1. The van der Waals surface area contributed by atoms with E-state index in [1.807, 2.05) is 13.0 Å². The summed E-state index contributed by atoms with van der Waals surface area (Å²) in [6.07, 6.45) is 3.77. The first-order valence-electron chi connectivity index (χ1n) is 6.20. The van der Waals surface area contributed by atoms with Gasteiger partial charge in [0.2, 0.25) is 5.91 Å². The van der Waals surface area contributed by atoms with E-state index in [-0.39, 0.29) is 11.9 Å². The first-order chi connectivity index (χ1) is 8.24. The molecule has 1 aliphatic carbocycles. The Morgan fingerprint density at radius 2 is 2.35 bits per heavy atom. The van der Waals surface area contributed by atoms with E-state index in [0.29, 0.717) is 6.42 Å². The largest absolute Gasteiger partial charge is 0.497 e. The summed E-state index contributed by atoms with van der Waals surface area (Å²) in [6.45, 7) is 1.88. The topological polar surface area (TPSA) is 38.3 Å². The van der Waals surface area contributed by atoms with Crippen molar-refractivity contribution >= 4 is 5.91 Å². The summed E-state index contributed by atoms with van der Waals surface area (Å²) in [7, 11) is 1.68. The number of nitrogens with one attached hydrogen (secondary N) is 1. The van der Waals surface area contributed by atoms with Crippen LogP contribution in [0.25, 0.3) is 0 Å². The Kier molecular flexibility index (Phi) is 3.67. The third kappa shape index (κ3) is 2.60. The molecule has 1 aromatic carbocycles. The Labute approximate surface area is 102 Å². The number of aryl methyl sites for hydroxylation is 1. The number of carbonyl (C=O) groups is 1. The summed E-state index contributed by atoms with van der Waals surface area (Å²) in [4.78, 5) is 11.5. The normalized spacial score (nSPS) is 18.4. The fourth-order valence-corrected chi connectivity index (χ4v) is 2.36. The highest BCUT2D eigenvalue weighted by Gasteiger charge is 2.21. The van der Waals surface area contributed by atoms with E-state index in [1.165, 1.54) is 11.1 Å². The average Bonchev–Trinajstić information content (AvgIpc) is 2.38. The van der Waals surface area contributed by atoms with Crippen LogP contribution in [-0.2, 0) is 11.2 Å². The van der Waals surface area contributed by atoms with Crippen LogP contribution in [0.3, 0.4) is 0 Å². The fraction of sp³-hybridized carbons (Fsp3) is 0.500. The Morgan fingerprint density at radius 1 is 1.53 bits per heavy atom. The molecule has 0 fully saturated rings. The van der Waals surface area contributed by atoms with Crippen LogP contribution in [0, 0.1) is 0 Å². The number of carbonyl (C=O) groups excluding carboxylic acids is 1. The van der Waals surface area contributed by atoms with E-state index < -0.39 is 0 Å². The van der Waals surface area contributed by atoms with Gasteiger partial charge in [-0.25, -0.2) is 0 Å². The van der Waals surface area contributed by atoms with E-state index in [9.17, 15) is 4.79 Å². The average molecular weight is 233 g/mol. The molecule has 0 saturated carbocycles. The molecule has 0 radical (unpaired) electrons. The van der Waals surface area contributed by atoms with Crippen molar-refractivity contribution < 1.29 is 9.53 Å². The second-order valence-corrected chi connectivity index (χ2v) is 4.43. The third-order valence-corrected chi connectivity index (χ3v) is 3.32. The molecule has 3 heteroatoms. The molecule has 0 saturated heterocycles. The van der Waals surface area contributed by atoms with Gasteiger partial charge in [-0.3, -0.25) is 4.79 Å². The molecule has 0 aliphatic heterocycles. The Hall–Kier alpha value is -1.51. The molecule has 0 spiro atoms. The first-order valence-corrected chi connectivity index (χ1v) is 6.20. The van der Waals surface area contributed by atoms with Gasteiger partial charge in [0.15, 0.2) is 0 Å². The van der Waals surface area contributed by atoms with Crippen molar-refractivity contribution in [1.29, 1.82) is 0 Å². The summed E-state index contributed by atoms with van der Waals surface area (Å²) >= 11 is 0. The van der Waals surface area contributed by atoms with Crippen molar-refractivity contribution in [3.63, 3.8) is 0 Å². The minimum Gasteiger partial charge on any atom is -0.497 e. The van der Waals surface area contributed by atoms with Gasteiger partial charge in [0.1, 0.15) is 5.75 Å². The predicted octanol–water partition coefficient (Wildman–Crippen LogP) is 2.60. The number of ether oxygens (including phenoxy) is 1. The van der Waals surface area contributed by atoms with Crippen LogP contribution in [0.5, 0.6) is 5.75 Å². The van der Waals surface area contributed by atoms with E-state index in [1.54, 1.807) is 7.11 Å². The van der Waals surface area contributed by atoms with E-state index in [0.717, 1.165) is 25.0 Å². The van der Waals surface area contributed by atoms with Crippen molar-refractivity contribution in [3.05, 3.63) is 29.3 Å². The summed E-state index contributed by atoms with van der Waals surface area (Å²) in [5.41, 5.74) is 2.55. The molecule has 17 heavy (non-hydrogen) atoms. The van der Waals surface area contributed by atoms with Crippen molar-refractivity contribution in [1.82, 2.24) is 5.32 Å². The maximum absolute atomic E-state index is 11.5. The zero-order valence-electron chi connectivity index (χ0n) is 10.5. The summed E-state index contributed by atoms with van der Waals surface area (Å²) < 4.78 is 5.23. The lowest BCUT2D eigenvalue weighted by Crippen LogP contribution is -2.30. The molecule has 1 N–H and O–H groups in total. The molecule has 1 aromatic rings. The highest BCUT2D eigenvalue weighted by atomic mass is 16.5. The Balaban J connectivity index is 2.22. The predicted molar refractivity (Wildman–Crippen MR) is 67.1 cm³/mol. The molecule has 92 valence electrons. The third-order valence-electron chi connectivity index (χ3n) is 3.32. The maximum Gasteiger partial charge on any atom is 0.220 e. The molecular formula is C14H19NO2. The van der Waals surface area contributed by atoms with Gasteiger partial charge in [0.05, 0.1) is 13.2 Å². The molecule has 0 heterocycles. The standard InChI is InChI=1S/C14H19NO2/c1-3-14(16)15-13-6-4-5-10-9-11(17-2)7-8-12(10)13/h7-9,13H,3-6H2,1-2H3,(H,15,16)/t13-/m1/s1. The van der Waals surface area contributed by atoms with E-state index in [2.05, 4.69) is 17.4 Å². The lowest BCUT2D eigenvalue weighted by molar-refractivity contribution is -0.121. The SMILES string of the molecule is CCC(=O)N[C@@H]1CCCc2cc(OC)ccc21. The lowest BCUT2D eigenvalue weighted by atomic mass is 9.87. The quantitative estimate of drug-likeness (QED) is 0.871. The van der Waals surface area contributed by atoms with E-state index in [4.69, 9.17) is 4.74 Å². The van der Waals surface area contributed by atoms with Gasteiger partial charge in [-0.15, -0.1) is 0 Å². The zero-order chi connectivity index (χ0) is 12.3. The van der Waals surface area contributed by atoms with Gasteiger partial charge in [0, 0.05) is 6.42 Å². The van der Waals surface area contributed by atoms with Crippen LogP contribution < -0.4 is 10.1 Å². The molecule has 1 amide bonds. The van der Waals surface area contributed by atoms with Gasteiger partial charge in [0.25, 0.3) is 0 Å². The maximum atomic E-state index is 11.5. The molecule has 1 aliphatic rings. The Morgan fingerprint density at radius 3 is 3.06 bits per heavy atom. The molecule has 2 rings (SSSR count). The van der Waals surface area contributed by atoms with Gasteiger partial charge in [-0.05, 0) is 42.5 Å². The van der Waals surface area contributed by atoms with Gasteiger partial charge in [-0.1, -0.05) is 13.0 Å². The van der Waals surface area contributed by atoms with Crippen LogP contribution in [0.1, 0.15) is 43.4 Å². The molecule has 0 unspecified atom stereocenters. The van der Waals surface area contributed by atoms with Crippen molar-refractivity contribution in [2.75, 3.05) is 7.11 Å². The minimum absolute atomic E-state index is 0.124. The van der Waals surface area contributed by atoms with Crippen LogP contribution in [-0.4, -0.2) is 13.0 Å².